The zero-order valence-electron chi connectivity index (χ0n) is 17.1. The minimum Gasteiger partial charge on any atom is -0.495 e. The fourth-order valence-corrected chi connectivity index (χ4v) is 3.14. The standard InChI is InChI=1S/C20H23BrN4O5/c1-12-9-14(21)5-7-16(12)22-19(26)11-24(3)13(2)20(27)23-17-10-15(25(28)29)6-8-18(17)30-4/h5-10,13H,11H2,1-4H3,(H,22,26)(H,23,27). The van der Waals surface area contributed by atoms with Gasteiger partial charge < -0.3 is 15.4 Å². The Labute approximate surface area is 182 Å². The maximum atomic E-state index is 12.6. The number of carbonyl (C=O) groups excluding carboxylic acids is 2. The summed E-state index contributed by atoms with van der Waals surface area (Å²) in [5, 5.41) is 16.4. The van der Waals surface area contributed by atoms with Gasteiger partial charge >= 0.3 is 0 Å². The highest BCUT2D eigenvalue weighted by atomic mass is 79.9. The first kappa shape index (κ1) is 23.3. The van der Waals surface area contributed by atoms with Crippen molar-refractivity contribution in [2.45, 2.75) is 19.9 Å². The van der Waals surface area contributed by atoms with E-state index < -0.39 is 16.9 Å². The second kappa shape index (κ2) is 10.2. The lowest BCUT2D eigenvalue weighted by Gasteiger charge is -2.24. The summed E-state index contributed by atoms with van der Waals surface area (Å²) in [6.07, 6.45) is 0. The number of nitro benzene ring substituents is 1. The molecule has 0 heterocycles. The van der Waals surface area contributed by atoms with E-state index in [0.717, 1.165) is 10.0 Å². The van der Waals surface area contributed by atoms with E-state index in [1.54, 1.807) is 24.9 Å². The van der Waals surface area contributed by atoms with Gasteiger partial charge in [-0.25, -0.2) is 0 Å². The third-order valence-electron chi connectivity index (χ3n) is 4.55. The zero-order chi connectivity index (χ0) is 22.4. The zero-order valence-corrected chi connectivity index (χ0v) is 18.6. The summed E-state index contributed by atoms with van der Waals surface area (Å²) in [6, 6.07) is 8.77. The molecule has 0 saturated heterocycles. The van der Waals surface area contributed by atoms with Gasteiger partial charge in [0.05, 0.1) is 30.3 Å². The molecule has 1 unspecified atom stereocenters. The Kier molecular flexibility index (Phi) is 7.90. The molecule has 2 amide bonds. The highest BCUT2D eigenvalue weighted by molar-refractivity contribution is 9.10. The predicted molar refractivity (Wildman–Crippen MR) is 118 cm³/mol. The first-order valence-electron chi connectivity index (χ1n) is 9.02. The van der Waals surface area contributed by atoms with Crippen molar-refractivity contribution in [3.63, 3.8) is 0 Å². The number of benzene rings is 2. The van der Waals surface area contributed by atoms with Crippen molar-refractivity contribution in [1.29, 1.82) is 0 Å². The Morgan fingerprint density at radius 1 is 1.20 bits per heavy atom. The van der Waals surface area contributed by atoms with Gasteiger partial charge in [-0.15, -0.1) is 0 Å². The molecule has 0 saturated carbocycles. The molecule has 0 aliphatic heterocycles. The molecule has 0 spiro atoms. The number of methoxy groups -OCH3 is 1. The van der Waals surface area contributed by atoms with Crippen LogP contribution < -0.4 is 15.4 Å². The van der Waals surface area contributed by atoms with Crippen molar-refractivity contribution in [1.82, 2.24) is 4.90 Å². The van der Waals surface area contributed by atoms with Gasteiger partial charge in [0.15, 0.2) is 0 Å². The topological polar surface area (TPSA) is 114 Å². The van der Waals surface area contributed by atoms with E-state index in [4.69, 9.17) is 4.74 Å². The molecule has 0 radical (unpaired) electrons. The Hall–Kier alpha value is -2.98. The molecule has 2 N–H and O–H groups in total. The average Bonchev–Trinajstić information content (AvgIpc) is 2.69. The van der Waals surface area contributed by atoms with Crippen molar-refractivity contribution in [3.05, 3.63) is 56.5 Å². The molecular weight excluding hydrogens is 456 g/mol. The molecule has 10 heteroatoms. The number of carbonyl (C=O) groups is 2. The molecule has 160 valence electrons. The number of ether oxygens (including phenoxy) is 1. The summed E-state index contributed by atoms with van der Waals surface area (Å²) in [5.74, 6) is -0.397. The molecule has 1 atom stereocenters. The Morgan fingerprint density at radius 2 is 1.90 bits per heavy atom. The summed E-state index contributed by atoms with van der Waals surface area (Å²) in [4.78, 5) is 37.0. The predicted octanol–water partition coefficient (Wildman–Crippen LogP) is 3.57. The second-order valence-corrected chi connectivity index (χ2v) is 7.65. The number of hydrogen-bond acceptors (Lipinski definition) is 6. The largest absolute Gasteiger partial charge is 0.495 e. The van der Waals surface area contributed by atoms with Crippen LogP contribution in [0.4, 0.5) is 17.1 Å². The highest BCUT2D eigenvalue weighted by Crippen LogP contribution is 2.29. The van der Waals surface area contributed by atoms with Gasteiger partial charge in [0.1, 0.15) is 5.75 Å². The highest BCUT2D eigenvalue weighted by Gasteiger charge is 2.22. The molecule has 2 aromatic carbocycles. The SMILES string of the molecule is COc1ccc([N+](=O)[O-])cc1NC(=O)C(C)N(C)CC(=O)Nc1ccc(Br)cc1C. The number of non-ortho nitro benzene ring substituents is 1. The summed E-state index contributed by atoms with van der Waals surface area (Å²) < 4.78 is 6.07. The number of rotatable bonds is 8. The van der Waals surface area contributed by atoms with Crippen LogP contribution in [0.15, 0.2) is 40.9 Å². The van der Waals surface area contributed by atoms with Gasteiger partial charge in [0.25, 0.3) is 5.69 Å². The molecule has 9 nitrogen and oxygen atoms in total. The minimum atomic E-state index is -0.675. The lowest BCUT2D eigenvalue weighted by atomic mass is 10.2. The van der Waals surface area contributed by atoms with Crippen molar-refractivity contribution in [3.8, 4) is 5.75 Å². The lowest BCUT2D eigenvalue weighted by Crippen LogP contribution is -2.43. The summed E-state index contributed by atoms with van der Waals surface area (Å²) >= 11 is 3.38. The number of hydrogen-bond donors (Lipinski definition) is 2. The van der Waals surface area contributed by atoms with E-state index in [1.165, 1.54) is 25.3 Å². The third-order valence-corrected chi connectivity index (χ3v) is 5.04. The van der Waals surface area contributed by atoms with E-state index in [1.807, 2.05) is 19.1 Å². The van der Waals surface area contributed by atoms with E-state index in [9.17, 15) is 19.7 Å². The van der Waals surface area contributed by atoms with Crippen LogP contribution in [0, 0.1) is 17.0 Å². The maximum Gasteiger partial charge on any atom is 0.271 e. The molecule has 0 aromatic heterocycles. The van der Waals surface area contributed by atoms with E-state index in [0.29, 0.717) is 11.4 Å². The van der Waals surface area contributed by atoms with E-state index in [-0.39, 0.29) is 23.8 Å². The average molecular weight is 479 g/mol. The Morgan fingerprint density at radius 3 is 2.50 bits per heavy atom. The van der Waals surface area contributed by atoms with Crippen LogP contribution in [-0.4, -0.2) is 48.4 Å². The Bertz CT molecular complexity index is 966. The van der Waals surface area contributed by atoms with Gasteiger partial charge in [-0.2, -0.15) is 0 Å². The van der Waals surface area contributed by atoms with Crippen molar-refractivity contribution < 1.29 is 19.2 Å². The van der Waals surface area contributed by atoms with Gasteiger partial charge in [0, 0.05) is 22.3 Å². The number of halogens is 1. The van der Waals surface area contributed by atoms with Crippen LogP contribution in [0.2, 0.25) is 0 Å². The monoisotopic (exact) mass is 478 g/mol. The number of nitrogens with zero attached hydrogens (tertiary/aromatic N) is 2. The van der Waals surface area contributed by atoms with Gasteiger partial charge in [0.2, 0.25) is 11.8 Å². The number of likely N-dealkylation sites (N-methyl/N-ethyl adjacent to an activating group) is 1. The summed E-state index contributed by atoms with van der Waals surface area (Å²) in [7, 11) is 3.05. The van der Waals surface area contributed by atoms with Crippen LogP contribution in [0.5, 0.6) is 5.75 Å². The molecule has 2 aromatic rings. The quantitative estimate of drug-likeness (QED) is 0.442. The van der Waals surface area contributed by atoms with Crippen LogP contribution >= 0.6 is 15.9 Å². The van der Waals surface area contributed by atoms with Crippen LogP contribution in [0.1, 0.15) is 12.5 Å². The van der Waals surface area contributed by atoms with Crippen LogP contribution in [0.3, 0.4) is 0 Å². The fraction of sp³-hybridized carbons (Fsp3) is 0.300. The smallest absolute Gasteiger partial charge is 0.271 e. The minimum absolute atomic E-state index is 0.0177. The first-order valence-corrected chi connectivity index (χ1v) is 9.81. The molecule has 30 heavy (non-hydrogen) atoms. The van der Waals surface area contributed by atoms with Gasteiger partial charge in [-0.3, -0.25) is 24.6 Å². The summed E-state index contributed by atoms with van der Waals surface area (Å²) in [5.41, 5.74) is 1.61. The van der Waals surface area contributed by atoms with Gasteiger partial charge in [-0.1, -0.05) is 15.9 Å². The summed E-state index contributed by atoms with van der Waals surface area (Å²) in [6.45, 7) is 3.50. The number of amides is 2. The molecule has 0 bridgehead atoms. The lowest BCUT2D eigenvalue weighted by molar-refractivity contribution is -0.384. The number of nitrogens with one attached hydrogen (secondary N) is 2. The van der Waals surface area contributed by atoms with E-state index >= 15 is 0 Å². The fourth-order valence-electron chi connectivity index (χ4n) is 2.67. The van der Waals surface area contributed by atoms with Crippen LogP contribution in [0.25, 0.3) is 0 Å². The van der Waals surface area contributed by atoms with E-state index in [2.05, 4.69) is 26.6 Å². The molecular formula is C20H23BrN4O5. The molecule has 0 aliphatic carbocycles. The first-order chi connectivity index (χ1) is 14.1. The third kappa shape index (κ3) is 6.01. The number of nitro groups is 1. The Balaban J connectivity index is 2.02. The molecule has 0 aliphatic rings. The van der Waals surface area contributed by atoms with Crippen LogP contribution in [-0.2, 0) is 9.59 Å². The molecule has 0 fully saturated rings. The molecule has 2 rings (SSSR count). The van der Waals surface area contributed by atoms with Crippen molar-refractivity contribution >= 4 is 44.8 Å². The normalized spacial score (nSPS) is 11.7. The second-order valence-electron chi connectivity index (χ2n) is 6.73. The van der Waals surface area contributed by atoms with Crippen molar-refractivity contribution in [2.75, 3.05) is 31.3 Å². The van der Waals surface area contributed by atoms with Crippen molar-refractivity contribution in [2.24, 2.45) is 0 Å². The van der Waals surface area contributed by atoms with Gasteiger partial charge in [-0.05, 0) is 50.7 Å². The maximum absolute atomic E-state index is 12.6. The number of aryl methyl sites for hydroxylation is 1. The number of anilines is 2.